The summed E-state index contributed by atoms with van der Waals surface area (Å²) in [5.41, 5.74) is 6.50. The van der Waals surface area contributed by atoms with Gasteiger partial charge in [-0.1, -0.05) is 11.6 Å². The van der Waals surface area contributed by atoms with Crippen molar-refractivity contribution in [1.29, 1.82) is 0 Å². The van der Waals surface area contributed by atoms with Gasteiger partial charge >= 0.3 is 0 Å². The van der Waals surface area contributed by atoms with Gasteiger partial charge in [0.05, 0.1) is 0 Å². The number of aromatic nitrogens is 1. The second-order valence-corrected chi connectivity index (χ2v) is 3.60. The topological polar surface area (TPSA) is 38.9 Å². The highest BCUT2D eigenvalue weighted by Gasteiger charge is 2.05. The minimum absolute atomic E-state index is 0.0764. The zero-order valence-corrected chi connectivity index (χ0v) is 8.35. The molecule has 0 radical (unpaired) electrons. The van der Waals surface area contributed by atoms with E-state index >= 15 is 0 Å². The summed E-state index contributed by atoms with van der Waals surface area (Å²) in [5, 5.41) is 0.475. The van der Waals surface area contributed by atoms with Gasteiger partial charge in [-0.25, -0.2) is 4.98 Å². The number of pyridine rings is 1. The highest BCUT2D eigenvalue weighted by atomic mass is 79.9. The van der Waals surface area contributed by atoms with E-state index in [1.165, 1.54) is 0 Å². The van der Waals surface area contributed by atoms with E-state index in [-0.39, 0.29) is 6.04 Å². The molecule has 0 aliphatic heterocycles. The van der Waals surface area contributed by atoms with Crippen molar-refractivity contribution in [1.82, 2.24) is 4.98 Å². The largest absolute Gasteiger partial charge is 0.324 e. The minimum atomic E-state index is -0.0764. The smallest absolute Gasteiger partial charge is 0.133 e. The number of halogens is 2. The first-order valence-corrected chi connectivity index (χ1v) is 4.35. The number of nitrogens with two attached hydrogens (primary N) is 1. The Labute approximate surface area is 78.9 Å². The van der Waals surface area contributed by atoms with E-state index in [9.17, 15) is 0 Å². The molecule has 4 heteroatoms. The normalized spacial score (nSPS) is 13.1. The van der Waals surface area contributed by atoms with Crippen LogP contribution in [0.2, 0.25) is 5.15 Å². The van der Waals surface area contributed by atoms with Crippen molar-refractivity contribution in [2.45, 2.75) is 13.0 Å². The highest BCUT2D eigenvalue weighted by molar-refractivity contribution is 9.10. The fourth-order valence-electron chi connectivity index (χ4n) is 0.758. The lowest BCUT2D eigenvalue weighted by Gasteiger charge is -2.06. The summed E-state index contributed by atoms with van der Waals surface area (Å²) in [6.45, 7) is 1.87. The van der Waals surface area contributed by atoms with Crippen LogP contribution < -0.4 is 5.73 Å². The third kappa shape index (κ3) is 2.15. The molecule has 0 saturated heterocycles. The summed E-state index contributed by atoms with van der Waals surface area (Å²) in [4.78, 5) is 3.94. The van der Waals surface area contributed by atoms with Crippen molar-refractivity contribution in [2.75, 3.05) is 0 Å². The van der Waals surface area contributed by atoms with Crippen molar-refractivity contribution >= 4 is 27.5 Å². The maximum Gasteiger partial charge on any atom is 0.133 e. The number of nitrogens with zero attached hydrogens (tertiary/aromatic N) is 1. The lowest BCUT2D eigenvalue weighted by atomic mass is 10.2. The quantitative estimate of drug-likeness (QED) is 0.760. The average Bonchev–Trinajstić information content (AvgIpc) is 1.94. The van der Waals surface area contributed by atoms with Crippen LogP contribution in [-0.4, -0.2) is 4.98 Å². The summed E-state index contributed by atoms with van der Waals surface area (Å²) in [6, 6.07) is 1.80. The number of hydrogen-bond acceptors (Lipinski definition) is 2. The molecule has 0 aromatic carbocycles. The van der Waals surface area contributed by atoms with Gasteiger partial charge in [0.25, 0.3) is 0 Å². The van der Waals surface area contributed by atoms with Gasteiger partial charge in [-0.2, -0.15) is 0 Å². The van der Waals surface area contributed by atoms with Gasteiger partial charge in [-0.05, 0) is 28.9 Å². The second kappa shape index (κ2) is 3.52. The van der Waals surface area contributed by atoms with Crippen LogP contribution in [0.4, 0.5) is 0 Å². The molecule has 60 valence electrons. The molecule has 1 aromatic rings. The van der Waals surface area contributed by atoms with E-state index in [0.29, 0.717) is 5.15 Å². The summed E-state index contributed by atoms with van der Waals surface area (Å²) in [5.74, 6) is 0. The van der Waals surface area contributed by atoms with E-state index in [1.807, 2.05) is 13.0 Å². The molecule has 1 heterocycles. The Bertz CT molecular complexity index is 263. The molecule has 11 heavy (non-hydrogen) atoms. The van der Waals surface area contributed by atoms with Crippen molar-refractivity contribution in [3.63, 3.8) is 0 Å². The summed E-state index contributed by atoms with van der Waals surface area (Å²) in [7, 11) is 0. The van der Waals surface area contributed by atoms with Crippen molar-refractivity contribution in [3.8, 4) is 0 Å². The molecule has 0 bridgehead atoms. The third-order valence-electron chi connectivity index (χ3n) is 1.32. The molecule has 2 nitrogen and oxygen atoms in total. The molecule has 0 aliphatic rings. The Morgan fingerprint density at radius 1 is 1.73 bits per heavy atom. The van der Waals surface area contributed by atoms with Crippen LogP contribution in [0.15, 0.2) is 16.7 Å². The van der Waals surface area contributed by atoms with Crippen LogP contribution in [-0.2, 0) is 0 Å². The Morgan fingerprint density at radius 3 is 2.82 bits per heavy atom. The van der Waals surface area contributed by atoms with Gasteiger partial charge < -0.3 is 5.73 Å². The maximum atomic E-state index is 5.78. The van der Waals surface area contributed by atoms with Crippen molar-refractivity contribution < 1.29 is 0 Å². The minimum Gasteiger partial charge on any atom is -0.324 e. The SMILES string of the molecule is C[C@@H](N)c1cc(Br)cnc1Cl. The van der Waals surface area contributed by atoms with Gasteiger partial charge in [0.2, 0.25) is 0 Å². The second-order valence-electron chi connectivity index (χ2n) is 2.32. The molecule has 1 atom stereocenters. The first kappa shape index (κ1) is 8.97. The summed E-state index contributed by atoms with van der Waals surface area (Å²) in [6.07, 6.45) is 1.65. The Hall–Kier alpha value is -0.120. The molecule has 0 unspecified atom stereocenters. The first-order valence-electron chi connectivity index (χ1n) is 3.18. The summed E-state index contributed by atoms with van der Waals surface area (Å²) >= 11 is 9.07. The van der Waals surface area contributed by atoms with Crippen molar-refractivity contribution in [3.05, 3.63) is 27.5 Å². The molecule has 0 spiro atoms. The molecular formula is C7H8BrClN2. The van der Waals surface area contributed by atoms with Crippen LogP contribution in [0.3, 0.4) is 0 Å². The van der Waals surface area contributed by atoms with E-state index in [4.69, 9.17) is 17.3 Å². The van der Waals surface area contributed by atoms with Gasteiger partial charge in [0.1, 0.15) is 5.15 Å². The fourth-order valence-corrected chi connectivity index (χ4v) is 1.38. The molecule has 2 N–H and O–H groups in total. The highest BCUT2D eigenvalue weighted by Crippen LogP contribution is 2.22. The molecule has 0 aliphatic carbocycles. The molecular weight excluding hydrogens is 227 g/mol. The standard InChI is InChI=1S/C7H8BrClN2/c1-4(10)6-2-5(8)3-11-7(6)9/h2-4H,10H2,1H3/t4-/m1/s1. The Morgan fingerprint density at radius 2 is 2.36 bits per heavy atom. The van der Waals surface area contributed by atoms with Crippen LogP contribution in [0, 0.1) is 0 Å². The number of rotatable bonds is 1. The van der Waals surface area contributed by atoms with Crippen LogP contribution >= 0.6 is 27.5 Å². The third-order valence-corrected chi connectivity index (χ3v) is 2.07. The maximum absolute atomic E-state index is 5.78. The van der Waals surface area contributed by atoms with Gasteiger partial charge in [0.15, 0.2) is 0 Å². The zero-order chi connectivity index (χ0) is 8.43. The lowest BCUT2D eigenvalue weighted by molar-refractivity contribution is 0.811. The van der Waals surface area contributed by atoms with Gasteiger partial charge in [-0.3, -0.25) is 0 Å². The van der Waals surface area contributed by atoms with Crippen molar-refractivity contribution in [2.24, 2.45) is 5.73 Å². The summed E-state index contributed by atoms with van der Waals surface area (Å²) < 4.78 is 0.897. The van der Waals surface area contributed by atoms with Crippen LogP contribution in [0.1, 0.15) is 18.5 Å². The van der Waals surface area contributed by atoms with Crippen LogP contribution in [0.5, 0.6) is 0 Å². The lowest BCUT2D eigenvalue weighted by Crippen LogP contribution is -2.06. The predicted octanol–water partition coefficient (Wildman–Crippen LogP) is 2.52. The van der Waals surface area contributed by atoms with E-state index in [1.54, 1.807) is 6.20 Å². The fraction of sp³-hybridized carbons (Fsp3) is 0.286. The van der Waals surface area contributed by atoms with E-state index in [0.717, 1.165) is 10.0 Å². The van der Waals surface area contributed by atoms with E-state index < -0.39 is 0 Å². The number of hydrogen-bond donors (Lipinski definition) is 1. The molecule has 0 fully saturated rings. The zero-order valence-electron chi connectivity index (χ0n) is 6.01. The average molecular weight is 236 g/mol. The molecule has 0 amide bonds. The van der Waals surface area contributed by atoms with Crippen LogP contribution in [0.25, 0.3) is 0 Å². The monoisotopic (exact) mass is 234 g/mol. The van der Waals surface area contributed by atoms with Gasteiger partial charge in [0, 0.05) is 22.3 Å². The van der Waals surface area contributed by atoms with E-state index in [2.05, 4.69) is 20.9 Å². The Kier molecular flexibility index (Phi) is 2.87. The molecule has 1 rings (SSSR count). The Balaban J connectivity index is 3.13. The molecule has 1 aromatic heterocycles. The van der Waals surface area contributed by atoms with Gasteiger partial charge in [-0.15, -0.1) is 0 Å². The first-order chi connectivity index (χ1) is 5.11. The molecule has 0 saturated carbocycles. The predicted molar refractivity (Wildman–Crippen MR) is 49.5 cm³/mol.